The minimum absolute atomic E-state index is 0.296. The van der Waals surface area contributed by atoms with Gasteiger partial charge in [-0.25, -0.2) is 4.39 Å². The zero-order chi connectivity index (χ0) is 12.1. The van der Waals surface area contributed by atoms with Crippen molar-refractivity contribution in [2.75, 3.05) is 5.33 Å². The van der Waals surface area contributed by atoms with Gasteiger partial charge in [0.1, 0.15) is 5.82 Å². The topological polar surface area (TPSA) is 12.0 Å². The molecule has 90 valence electrons. The van der Waals surface area contributed by atoms with Crippen molar-refractivity contribution >= 4 is 27.5 Å². The highest BCUT2D eigenvalue weighted by atomic mass is 79.9. The molecule has 0 saturated heterocycles. The Morgan fingerprint density at radius 3 is 2.69 bits per heavy atom. The molecule has 4 heteroatoms. The first-order valence-corrected chi connectivity index (χ1v) is 6.77. The van der Waals surface area contributed by atoms with Crippen LogP contribution in [-0.2, 0) is 6.54 Å². The van der Waals surface area contributed by atoms with Gasteiger partial charge in [0, 0.05) is 22.9 Å². The first-order valence-electron chi connectivity index (χ1n) is 5.28. The van der Waals surface area contributed by atoms with Gasteiger partial charge in [0.15, 0.2) is 0 Å². The third-order valence-corrected chi connectivity index (χ3v) is 4.10. The van der Waals surface area contributed by atoms with Gasteiger partial charge in [-0.15, -0.1) is 0 Å². The highest BCUT2D eigenvalue weighted by Crippen LogP contribution is 2.17. The van der Waals surface area contributed by atoms with Crippen molar-refractivity contribution in [1.29, 1.82) is 0 Å². The highest BCUT2D eigenvalue weighted by Gasteiger charge is 2.10. The summed E-state index contributed by atoms with van der Waals surface area (Å²) in [6.07, 6.45) is 0. The first-order chi connectivity index (χ1) is 7.54. The SMILES string of the molecule is CC(CBr)C(C)NCc1ccc(F)cc1Cl. The Kier molecular flexibility index (Phi) is 5.73. The lowest BCUT2D eigenvalue weighted by Gasteiger charge is -2.19. The van der Waals surface area contributed by atoms with E-state index in [1.807, 2.05) is 0 Å². The van der Waals surface area contributed by atoms with Crippen LogP contribution in [0.3, 0.4) is 0 Å². The number of nitrogens with one attached hydrogen (secondary N) is 1. The fourth-order valence-electron chi connectivity index (χ4n) is 1.27. The van der Waals surface area contributed by atoms with E-state index in [-0.39, 0.29) is 5.82 Å². The summed E-state index contributed by atoms with van der Waals surface area (Å²) in [4.78, 5) is 0. The van der Waals surface area contributed by atoms with E-state index in [1.54, 1.807) is 6.07 Å². The number of hydrogen-bond donors (Lipinski definition) is 1. The van der Waals surface area contributed by atoms with Crippen LogP contribution in [0, 0.1) is 11.7 Å². The number of rotatable bonds is 5. The third-order valence-electron chi connectivity index (χ3n) is 2.73. The van der Waals surface area contributed by atoms with E-state index in [1.165, 1.54) is 12.1 Å². The van der Waals surface area contributed by atoms with Crippen molar-refractivity contribution < 1.29 is 4.39 Å². The molecule has 0 bridgehead atoms. The second kappa shape index (κ2) is 6.58. The molecule has 0 aliphatic rings. The van der Waals surface area contributed by atoms with Crippen LogP contribution in [0.2, 0.25) is 5.02 Å². The van der Waals surface area contributed by atoms with Gasteiger partial charge in [-0.2, -0.15) is 0 Å². The van der Waals surface area contributed by atoms with Crippen molar-refractivity contribution in [3.8, 4) is 0 Å². The van der Waals surface area contributed by atoms with Crippen LogP contribution < -0.4 is 5.32 Å². The Hall–Kier alpha value is -0.120. The number of benzene rings is 1. The van der Waals surface area contributed by atoms with Crippen LogP contribution in [-0.4, -0.2) is 11.4 Å². The van der Waals surface area contributed by atoms with E-state index < -0.39 is 0 Å². The zero-order valence-electron chi connectivity index (χ0n) is 9.43. The zero-order valence-corrected chi connectivity index (χ0v) is 11.8. The number of alkyl halides is 1. The maximum atomic E-state index is 12.8. The first kappa shape index (κ1) is 13.9. The lowest BCUT2D eigenvalue weighted by atomic mass is 10.1. The molecular weight excluding hydrogens is 292 g/mol. The Balaban J connectivity index is 2.54. The highest BCUT2D eigenvalue weighted by molar-refractivity contribution is 9.09. The molecular formula is C12H16BrClFN. The van der Waals surface area contributed by atoms with E-state index >= 15 is 0 Å². The fraction of sp³-hybridized carbons (Fsp3) is 0.500. The van der Waals surface area contributed by atoms with Crippen molar-refractivity contribution in [3.63, 3.8) is 0 Å². The lowest BCUT2D eigenvalue weighted by molar-refractivity contribution is 0.433. The summed E-state index contributed by atoms with van der Waals surface area (Å²) in [5, 5.41) is 4.81. The Bertz CT molecular complexity index is 346. The molecule has 2 atom stereocenters. The summed E-state index contributed by atoms with van der Waals surface area (Å²) in [6.45, 7) is 4.96. The summed E-state index contributed by atoms with van der Waals surface area (Å²) < 4.78 is 12.8. The second-order valence-electron chi connectivity index (χ2n) is 4.04. The van der Waals surface area contributed by atoms with Gasteiger partial charge >= 0.3 is 0 Å². The smallest absolute Gasteiger partial charge is 0.124 e. The van der Waals surface area contributed by atoms with Gasteiger partial charge in [0.05, 0.1) is 0 Å². The second-order valence-corrected chi connectivity index (χ2v) is 5.09. The maximum absolute atomic E-state index is 12.8. The minimum atomic E-state index is -0.296. The van der Waals surface area contributed by atoms with E-state index in [4.69, 9.17) is 11.6 Å². The number of hydrogen-bond acceptors (Lipinski definition) is 1. The Labute approximate surface area is 110 Å². The maximum Gasteiger partial charge on any atom is 0.124 e. The minimum Gasteiger partial charge on any atom is -0.310 e. The third kappa shape index (κ3) is 4.04. The molecule has 0 amide bonds. The molecule has 0 aliphatic carbocycles. The quantitative estimate of drug-likeness (QED) is 0.811. The summed E-state index contributed by atoms with van der Waals surface area (Å²) in [6, 6.07) is 4.88. The molecule has 0 fully saturated rings. The molecule has 0 saturated carbocycles. The van der Waals surface area contributed by atoms with Crippen molar-refractivity contribution in [2.45, 2.75) is 26.4 Å². The monoisotopic (exact) mass is 307 g/mol. The van der Waals surface area contributed by atoms with Crippen LogP contribution in [0.15, 0.2) is 18.2 Å². The Morgan fingerprint density at radius 2 is 2.12 bits per heavy atom. The molecule has 0 aromatic heterocycles. The predicted octanol–water partition coefficient (Wildman–Crippen LogP) is 3.99. The molecule has 0 aliphatic heterocycles. The summed E-state index contributed by atoms with van der Waals surface area (Å²) in [5.74, 6) is 0.245. The molecule has 1 rings (SSSR count). The predicted molar refractivity (Wildman–Crippen MR) is 70.7 cm³/mol. The molecule has 0 spiro atoms. The van der Waals surface area contributed by atoms with Crippen LogP contribution >= 0.6 is 27.5 Å². The fourth-order valence-corrected chi connectivity index (χ4v) is 2.07. The van der Waals surface area contributed by atoms with Gasteiger partial charge in [-0.1, -0.05) is 40.5 Å². The van der Waals surface area contributed by atoms with Gasteiger partial charge in [0.25, 0.3) is 0 Å². The average molecular weight is 309 g/mol. The normalized spacial score (nSPS) is 14.8. The van der Waals surface area contributed by atoms with E-state index in [0.717, 1.165) is 10.9 Å². The number of halogens is 3. The molecule has 1 aromatic rings. The van der Waals surface area contributed by atoms with Crippen LogP contribution in [0.4, 0.5) is 4.39 Å². The summed E-state index contributed by atoms with van der Waals surface area (Å²) in [5.41, 5.74) is 0.927. The molecule has 1 nitrogen and oxygen atoms in total. The van der Waals surface area contributed by atoms with E-state index in [9.17, 15) is 4.39 Å². The summed E-state index contributed by atoms with van der Waals surface area (Å²) >= 11 is 9.39. The molecule has 0 heterocycles. The van der Waals surface area contributed by atoms with Crippen molar-refractivity contribution in [1.82, 2.24) is 5.32 Å². The molecule has 16 heavy (non-hydrogen) atoms. The molecule has 0 radical (unpaired) electrons. The van der Waals surface area contributed by atoms with Gasteiger partial charge in [0.2, 0.25) is 0 Å². The van der Waals surface area contributed by atoms with E-state index in [2.05, 4.69) is 35.1 Å². The average Bonchev–Trinajstić information content (AvgIpc) is 2.26. The van der Waals surface area contributed by atoms with Crippen molar-refractivity contribution in [2.24, 2.45) is 5.92 Å². The molecule has 1 N–H and O–H groups in total. The molecule has 2 unspecified atom stereocenters. The largest absolute Gasteiger partial charge is 0.310 e. The summed E-state index contributed by atoms with van der Waals surface area (Å²) in [7, 11) is 0. The van der Waals surface area contributed by atoms with Gasteiger partial charge in [-0.3, -0.25) is 0 Å². The van der Waals surface area contributed by atoms with Crippen LogP contribution in [0.1, 0.15) is 19.4 Å². The lowest BCUT2D eigenvalue weighted by Crippen LogP contribution is -2.32. The van der Waals surface area contributed by atoms with Gasteiger partial charge in [-0.05, 0) is 30.5 Å². The van der Waals surface area contributed by atoms with Crippen molar-refractivity contribution in [3.05, 3.63) is 34.6 Å². The van der Waals surface area contributed by atoms with Crippen LogP contribution in [0.25, 0.3) is 0 Å². The van der Waals surface area contributed by atoms with Gasteiger partial charge < -0.3 is 5.32 Å². The van der Waals surface area contributed by atoms with Crippen LogP contribution in [0.5, 0.6) is 0 Å². The van der Waals surface area contributed by atoms with E-state index in [0.29, 0.717) is 23.5 Å². The Morgan fingerprint density at radius 1 is 1.44 bits per heavy atom. The standard InChI is InChI=1S/C12H16BrClFN/c1-8(6-13)9(2)16-7-10-3-4-11(15)5-12(10)14/h3-5,8-9,16H,6-7H2,1-2H3. The molecule has 1 aromatic carbocycles.